The third-order valence-electron chi connectivity index (χ3n) is 5.67. The van der Waals surface area contributed by atoms with Crippen LogP contribution in [0.25, 0.3) is 10.2 Å². The van der Waals surface area contributed by atoms with E-state index in [0.717, 1.165) is 67.2 Å². The van der Waals surface area contributed by atoms with Crippen LogP contribution in [0.5, 0.6) is 0 Å². The van der Waals surface area contributed by atoms with Gasteiger partial charge >= 0.3 is 0 Å². The minimum absolute atomic E-state index is 0.00204. The van der Waals surface area contributed by atoms with Crippen molar-refractivity contribution in [2.75, 3.05) is 31.1 Å². The van der Waals surface area contributed by atoms with Crippen LogP contribution in [0.2, 0.25) is 0 Å². The van der Waals surface area contributed by atoms with Crippen molar-refractivity contribution in [3.8, 4) is 0 Å². The van der Waals surface area contributed by atoms with Crippen molar-refractivity contribution < 1.29 is 9.59 Å². The highest BCUT2D eigenvalue weighted by Gasteiger charge is 2.30. The van der Waals surface area contributed by atoms with Crippen molar-refractivity contribution in [1.29, 1.82) is 0 Å². The van der Waals surface area contributed by atoms with Gasteiger partial charge in [0.15, 0.2) is 5.13 Å². The van der Waals surface area contributed by atoms with Crippen LogP contribution in [-0.2, 0) is 4.79 Å². The number of anilines is 1. The van der Waals surface area contributed by atoms with E-state index in [1.54, 1.807) is 11.3 Å². The smallest absolute Gasteiger partial charge is 0.251 e. The van der Waals surface area contributed by atoms with Gasteiger partial charge in [-0.1, -0.05) is 11.3 Å². The monoisotopic (exact) mass is 400 g/mol. The fourth-order valence-electron chi connectivity index (χ4n) is 3.83. The highest BCUT2D eigenvalue weighted by molar-refractivity contribution is 7.22. The average Bonchev–Trinajstić information content (AvgIpc) is 3.43. The highest BCUT2D eigenvalue weighted by atomic mass is 32.1. The molecular formula is C21H28N4O2S. The van der Waals surface area contributed by atoms with Gasteiger partial charge < -0.3 is 15.1 Å². The van der Waals surface area contributed by atoms with Gasteiger partial charge in [-0.3, -0.25) is 9.59 Å². The van der Waals surface area contributed by atoms with Crippen LogP contribution in [0.3, 0.4) is 0 Å². The summed E-state index contributed by atoms with van der Waals surface area (Å²) in [5, 5.41) is 3.99. The van der Waals surface area contributed by atoms with E-state index in [1.807, 2.05) is 36.9 Å². The molecule has 2 amide bonds. The van der Waals surface area contributed by atoms with Gasteiger partial charge in [0.05, 0.1) is 16.1 Å². The molecule has 1 atom stereocenters. The van der Waals surface area contributed by atoms with Gasteiger partial charge in [-0.2, -0.15) is 0 Å². The molecule has 4 rings (SSSR count). The predicted molar refractivity (Wildman–Crippen MR) is 113 cm³/mol. The molecule has 1 saturated heterocycles. The van der Waals surface area contributed by atoms with Crippen LogP contribution in [0.1, 0.15) is 49.9 Å². The number of hydrogen-bond donors (Lipinski definition) is 1. The fraction of sp³-hybridized carbons (Fsp3) is 0.571. The first-order valence-electron chi connectivity index (χ1n) is 10.3. The molecular weight excluding hydrogens is 372 g/mol. The number of hydrogen-bond acceptors (Lipinski definition) is 5. The number of benzene rings is 1. The molecule has 0 bridgehead atoms. The molecule has 0 spiro atoms. The molecule has 2 fully saturated rings. The third kappa shape index (κ3) is 3.99. The molecule has 1 aliphatic heterocycles. The zero-order valence-electron chi connectivity index (χ0n) is 16.6. The van der Waals surface area contributed by atoms with Crippen molar-refractivity contribution in [3.05, 3.63) is 23.8 Å². The molecule has 6 nitrogen and oxygen atoms in total. The summed E-state index contributed by atoms with van der Waals surface area (Å²) in [6.45, 7) is 7.25. The average molecular weight is 401 g/mol. The molecule has 1 aromatic heterocycles. The number of fused-ring (bicyclic) bond motifs is 1. The fourth-order valence-corrected chi connectivity index (χ4v) is 4.87. The van der Waals surface area contributed by atoms with Crippen molar-refractivity contribution >= 4 is 38.5 Å². The molecule has 2 aromatic rings. The molecule has 7 heteroatoms. The lowest BCUT2D eigenvalue weighted by Gasteiger charge is -2.34. The van der Waals surface area contributed by atoms with Crippen LogP contribution in [0, 0.1) is 5.92 Å². The zero-order chi connectivity index (χ0) is 19.7. The highest BCUT2D eigenvalue weighted by Crippen LogP contribution is 2.32. The van der Waals surface area contributed by atoms with Crippen molar-refractivity contribution in [3.63, 3.8) is 0 Å². The first-order chi connectivity index (χ1) is 13.6. The van der Waals surface area contributed by atoms with E-state index < -0.39 is 0 Å². The first-order valence-corrected chi connectivity index (χ1v) is 11.2. The number of rotatable bonds is 6. The Hall–Kier alpha value is -2.15. The maximum absolute atomic E-state index is 12.8. The quantitative estimate of drug-likeness (QED) is 0.808. The molecule has 28 heavy (non-hydrogen) atoms. The van der Waals surface area contributed by atoms with E-state index >= 15 is 0 Å². The second-order valence-corrected chi connectivity index (χ2v) is 8.73. The lowest BCUT2D eigenvalue weighted by molar-refractivity contribution is -0.135. The number of nitrogens with zero attached hydrogens (tertiary/aromatic N) is 3. The minimum Gasteiger partial charge on any atom is -0.349 e. The molecule has 2 heterocycles. The van der Waals surface area contributed by atoms with Crippen molar-refractivity contribution in [1.82, 2.24) is 15.2 Å². The Morgan fingerprint density at radius 3 is 2.75 bits per heavy atom. The summed E-state index contributed by atoms with van der Waals surface area (Å²) >= 11 is 1.61. The SMILES string of the molecule is CCN(CC)C(=O)C1CCCN(c2nc3ccc(C(=O)NC4CC4)cc3s2)C1. The Bertz CT molecular complexity index is 872. The summed E-state index contributed by atoms with van der Waals surface area (Å²) in [5.41, 5.74) is 1.61. The van der Waals surface area contributed by atoms with Crippen molar-refractivity contribution in [2.24, 2.45) is 5.92 Å². The van der Waals surface area contributed by atoms with Crippen LogP contribution in [-0.4, -0.2) is 53.9 Å². The Kier molecular flexibility index (Phi) is 5.53. The molecule has 1 saturated carbocycles. The van der Waals surface area contributed by atoms with Gasteiger partial charge in [0.25, 0.3) is 5.91 Å². The molecule has 1 aromatic carbocycles. The lowest BCUT2D eigenvalue weighted by atomic mass is 9.97. The maximum Gasteiger partial charge on any atom is 0.251 e. The standard InChI is InChI=1S/C21H28N4O2S/c1-3-24(4-2)20(27)15-6-5-11-25(13-15)21-23-17-10-7-14(12-18(17)28-21)19(26)22-16-8-9-16/h7,10,12,15-16H,3-6,8-9,11,13H2,1-2H3,(H,22,26). The normalized spacial score (nSPS) is 19.6. The number of piperidine rings is 1. The number of amides is 2. The number of thiazole rings is 1. The second-order valence-electron chi connectivity index (χ2n) is 7.72. The molecule has 2 aliphatic rings. The van der Waals surface area contributed by atoms with E-state index in [9.17, 15) is 9.59 Å². The molecule has 1 unspecified atom stereocenters. The molecule has 150 valence electrons. The van der Waals surface area contributed by atoms with Gasteiger partial charge in [-0.05, 0) is 57.7 Å². The number of aromatic nitrogens is 1. The second kappa shape index (κ2) is 8.07. The minimum atomic E-state index is 0.00204. The van der Waals surface area contributed by atoms with E-state index in [2.05, 4.69) is 10.2 Å². The maximum atomic E-state index is 12.8. The Balaban J connectivity index is 1.50. The molecule has 1 aliphatic carbocycles. The predicted octanol–water partition coefficient (Wildman–Crippen LogP) is 3.27. The van der Waals surface area contributed by atoms with E-state index in [4.69, 9.17) is 4.98 Å². The summed E-state index contributed by atoms with van der Waals surface area (Å²) in [5.74, 6) is 0.303. The van der Waals surface area contributed by atoms with E-state index in [-0.39, 0.29) is 17.7 Å². The van der Waals surface area contributed by atoms with Gasteiger partial charge in [-0.25, -0.2) is 4.98 Å². The van der Waals surface area contributed by atoms with Gasteiger partial charge in [0, 0.05) is 37.8 Å². The summed E-state index contributed by atoms with van der Waals surface area (Å²) < 4.78 is 1.02. The summed E-state index contributed by atoms with van der Waals surface area (Å²) in [6, 6.07) is 6.08. The van der Waals surface area contributed by atoms with Crippen LogP contribution in [0.4, 0.5) is 5.13 Å². The Morgan fingerprint density at radius 1 is 1.25 bits per heavy atom. The summed E-state index contributed by atoms with van der Waals surface area (Å²) in [4.78, 5) is 34.0. The van der Waals surface area contributed by atoms with Gasteiger partial charge in [0.2, 0.25) is 5.91 Å². The van der Waals surface area contributed by atoms with Crippen LogP contribution in [0.15, 0.2) is 18.2 Å². The topological polar surface area (TPSA) is 65.5 Å². The third-order valence-corrected chi connectivity index (χ3v) is 6.75. The first kappa shape index (κ1) is 19.2. The largest absolute Gasteiger partial charge is 0.349 e. The molecule has 0 radical (unpaired) electrons. The van der Waals surface area contributed by atoms with Gasteiger partial charge in [-0.15, -0.1) is 0 Å². The van der Waals surface area contributed by atoms with Crippen LogP contribution < -0.4 is 10.2 Å². The Labute approximate surface area is 169 Å². The number of carbonyl (C=O) groups is 2. The van der Waals surface area contributed by atoms with E-state index in [0.29, 0.717) is 11.6 Å². The lowest BCUT2D eigenvalue weighted by Crippen LogP contribution is -2.44. The summed E-state index contributed by atoms with van der Waals surface area (Å²) in [7, 11) is 0. The van der Waals surface area contributed by atoms with Crippen LogP contribution >= 0.6 is 11.3 Å². The number of carbonyl (C=O) groups excluding carboxylic acids is 2. The van der Waals surface area contributed by atoms with Gasteiger partial charge in [0.1, 0.15) is 0 Å². The number of nitrogens with one attached hydrogen (secondary N) is 1. The summed E-state index contributed by atoms with van der Waals surface area (Å²) in [6.07, 6.45) is 4.12. The Morgan fingerprint density at radius 2 is 2.04 bits per heavy atom. The molecule has 1 N–H and O–H groups in total. The van der Waals surface area contributed by atoms with Crippen molar-refractivity contribution in [2.45, 2.75) is 45.6 Å². The van der Waals surface area contributed by atoms with E-state index in [1.165, 1.54) is 0 Å². The zero-order valence-corrected chi connectivity index (χ0v) is 17.4.